The predicted octanol–water partition coefficient (Wildman–Crippen LogP) is 0.588. The van der Waals surface area contributed by atoms with Crippen molar-refractivity contribution in [2.75, 3.05) is 46.8 Å². The van der Waals surface area contributed by atoms with Crippen LogP contribution in [0.25, 0.3) is 0 Å². The number of nitrogens with one attached hydrogen (secondary N) is 1. The summed E-state index contributed by atoms with van der Waals surface area (Å²) in [4.78, 5) is 2.26. The zero-order valence-corrected chi connectivity index (χ0v) is 13.5. The molecule has 1 N–H and O–H groups in total. The Labute approximate surface area is 118 Å². The van der Waals surface area contributed by atoms with Crippen LogP contribution in [0.3, 0.4) is 0 Å². The Kier molecular flexibility index (Phi) is 6.73. The number of sulfonamides is 1. The van der Waals surface area contributed by atoms with Gasteiger partial charge in [0.2, 0.25) is 10.0 Å². The summed E-state index contributed by atoms with van der Waals surface area (Å²) in [7, 11) is 0.629. The van der Waals surface area contributed by atoms with Crippen LogP contribution in [0.2, 0.25) is 0 Å². The lowest BCUT2D eigenvalue weighted by molar-refractivity contribution is 0.354. The maximum atomic E-state index is 12.4. The van der Waals surface area contributed by atoms with E-state index < -0.39 is 10.0 Å². The van der Waals surface area contributed by atoms with Gasteiger partial charge in [0.05, 0.1) is 5.25 Å². The lowest BCUT2D eigenvalue weighted by Gasteiger charge is -2.24. The van der Waals surface area contributed by atoms with Crippen molar-refractivity contribution in [2.24, 2.45) is 5.92 Å². The number of rotatable bonds is 8. The molecule has 19 heavy (non-hydrogen) atoms. The average molecular weight is 291 g/mol. The molecule has 0 saturated carbocycles. The van der Waals surface area contributed by atoms with E-state index in [1.54, 1.807) is 18.3 Å². The summed E-state index contributed by atoms with van der Waals surface area (Å²) in [6, 6.07) is 0. The van der Waals surface area contributed by atoms with Crippen LogP contribution >= 0.6 is 0 Å². The molecule has 1 aliphatic heterocycles. The van der Waals surface area contributed by atoms with Crippen molar-refractivity contribution >= 4 is 10.0 Å². The number of hydrogen-bond donors (Lipinski definition) is 1. The highest BCUT2D eigenvalue weighted by Gasteiger charge is 2.29. The molecule has 1 aliphatic rings. The van der Waals surface area contributed by atoms with Gasteiger partial charge in [-0.05, 0) is 45.8 Å². The van der Waals surface area contributed by atoms with Gasteiger partial charge in [-0.2, -0.15) is 0 Å². The molecule has 5 nitrogen and oxygen atoms in total. The Hall–Kier alpha value is -0.170. The molecule has 0 bridgehead atoms. The first-order chi connectivity index (χ1) is 8.87. The number of hydrogen-bond acceptors (Lipinski definition) is 4. The molecule has 1 saturated heterocycles. The Morgan fingerprint density at radius 1 is 1.47 bits per heavy atom. The molecule has 0 amide bonds. The summed E-state index contributed by atoms with van der Waals surface area (Å²) < 4.78 is 26.3. The Bertz CT molecular complexity index is 359. The molecule has 0 spiro atoms. The van der Waals surface area contributed by atoms with Crippen molar-refractivity contribution in [1.29, 1.82) is 0 Å². The van der Waals surface area contributed by atoms with Gasteiger partial charge in [-0.25, -0.2) is 12.7 Å². The van der Waals surface area contributed by atoms with Gasteiger partial charge >= 0.3 is 0 Å². The average Bonchev–Trinajstić information content (AvgIpc) is 2.74. The van der Waals surface area contributed by atoms with Crippen LogP contribution in [0.4, 0.5) is 0 Å². The maximum absolute atomic E-state index is 12.4. The second-order valence-corrected chi connectivity index (χ2v) is 8.22. The van der Waals surface area contributed by atoms with Crippen LogP contribution in [-0.4, -0.2) is 69.7 Å². The van der Waals surface area contributed by atoms with E-state index in [-0.39, 0.29) is 5.25 Å². The quantitative estimate of drug-likeness (QED) is 0.665. The van der Waals surface area contributed by atoms with Gasteiger partial charge in [-0.1, -0.05) is 6.92 Å². The summed E-state index contributed by atoms with van der Waals surface area (Å²) in [6.45, 7) is 7.99. The third-order valence-electron chi connectivity index (χ3n) is 3.81. The monoisotopic (exact) mass is 291 g/mol. The van der Waals surface area contributed by atoms with Crippen LogP contribution < -0.4 is 5.32 Å². The van der Waals surface area contributed by atoms with E-state index in [4.69, 9.17) is 0 Å². The molecule has 1 fully saturated rings. The van der Waals surface area contributed by atoms with Crippen LogP contribution in [0.15, 0.2) is 0 Å². The fraction of sp³-hybridized carbons (Fsp3) is 1.00. The van der Waals surface area contributed by atoms with Gasteiger partial charge in [-0.3, -0.25) is 0 Å². The van der Waals surface area contributed by atoms with E-state index >= 15 is 0 Å². The van der Waals surface area contributed by atoms with Gasteiger partial charge in [-0.15, -0.1) is 0 Å². The summed E-state index contributed by atoms with van der Waals surface area (Å²) in [5, 5.41) is 2.82. The third kappa shape index (κ3) is 5.02. The molecule has 0 aromatic heterocycles. The smallest absolute Gasteiger partial charge is 0.217 e. The fourth-order valence-corrected chi connectivity index (χ4v) is 3.90. The van der Waals surface area contributed by atoms with Gasteiger partial charge < -0.3 is 10.2 Å². The van der Waals surface area contributed by atoms with Crippen molar-refractivity contribution in [3.8, 4) is 0 Å². The standard InChI is InChI=1S/C13H29N3O2S/c1-5-7-14-9-12(2)19(17,18)16(4)11-13-6-8-15(3)10-13/h12-14H,5-11H2,1-4H3. The van der Waals surface area contributed by atoms with E-state index in [1.165, 1.54) is 0 Å². The maximum Gasteiger partial charge on any atom is 0.217 e. The van der Waals surface area contributed by atoms with Gasteiger partial charge in [0.25, 0.3) is 0 Å². The van der Waals surface area contributed by atoms with E-state index in [0.717, 1.165) is 32.5 Å². The lowest BCUT2D eigenvalue weighted by Crippen LogP contribution is -2.42. The molecule has 0 aliphatic carbocycles. The molecule has 1 rings (SSSR count). The van der Waals surface area contributed by atoms with Crippen LogP contribution in [0.5, 0.6) is 0 Å². The molecular weight excluding hydrogens is 262 g/mol. The largest absolute Gasteiger partial charge is 0.315 e. The van der Waals surface area contributed by atoms with E-state index in [0.29, 0.717) is 19.0 Å². The van der Waals surface area contributed by atoms with Crippen molar-refractivity contribution in [2.45, 2.75) is 31.9 Å². The molecule has 1 heterocycles. The van der Waals surface area contributed by atoms with Gasteiger partial charge in [0.1, 0.15) is 0 Å². The summed E-state index contributed by atoms with van der Waals surface area (Å²) >= 11 is 0. The van der Waals surface area contributed by atoms with Crippen LogP contribution in [0.1, 0.15) is 26.7 Å². The van der Waals surface area contributed by atoms with Crippen molar-refractivity contribution in [3.63, 3.8) is 0 Å². The van der Waals surface area contributed by atoms with Crippen molar-refractivity contribution in [1.82, 2.24) is 14.5 Å². The normalized spacial score (nSPS) is 23.1. The zero-order chi connectivity index (χ0) is 14.5. The Morgan fingerprint density at radius 2 is 2.16 bits per heavy atom. The second-order valence-electron chi connectivity index (χ2n) is 5.76. The number of likely N-dealkylation sites (tertiary alicyclic amines) is 1. The number of nitrogens with zero attached hydrogens (tertiary/aromatic N) is 2. The van der Waals surface area contributed by atoms with Crippen molar-refractivity contribution < 1.29 is 8.42 Å². The third-order valence-corrected chi connectivity index (χ3v) is 6.01. The highest BCUT2D eigenvalue weighted by Crippen LogP contribution is 2.17. The van der Waals surface area contributed by atoms with Gasteiger partial charge in [0, 0.05) is 26.7 Å². The first-order valence-corrected chi connectivity index (χ1v) is 8.72. The van der Waals surface area contributed by atoms with Crippen LogP contribution in [-0.2, 0) is 10.0 Å². The lowest BCUT2D eigenvalue weighted by atomic mass is 10.1. The summed E-state index contributed by atoms with van der Waals surface area (Å²) in [6.07, 6.45) is 2.12. The minimum absolute atomic E-state index is 0.358. The first kappa shape index (κ1) is 16.9. The second kappa shape index (κ2) is 7.57. The Balaban J connectivity index is 2.46. The molecule has 114 valence electrons. The summed E-state index contributed by atoms with van der Waals surface area (Å²) in [5.41, 5.74) is 0. The van der Waals surface area contributed by atoms with E-state index in [9.17, 15) is 8.42 Å². The molecule has 0 aromatic rings. The highest BCUT2D eigenvalue weighted by molar-refractivity contribution is 7.89. The van der Waals surface area contributed by atoms with E-state index in [1.807, 2.05) is 0 Å². The van der Waals surface area contributed by atoms with E-state index in [2.05, 4.69) is 24.2 Å². The molecule has 2 atom stereocenters. The molecular formula is C13H29N3O2S. The minimum Gasteiger partial charge on any atom is -0.315 e. The highest BCUT2D eigenvalue weighted by atomic mass is 32.2. The van der Waals surface area contributed by atoms with Crippen molar-refractivity contribution in [3.05, 3.63) is 0 Å². The molecule has 2 unspecified atom stereocenters. The fourth-order valence-electron chi connectivity index (χ4n) is 2.54. The molecule has 0 radical (unpaired) electrons. The zero-order valence-electron chi connectivity index (χ0n) is 12.7. The first-order valence-electron chi connectivity index (χ1n) is 7.22. The van der Waals surface area contributed by atoms with Crippen LogP contribution in [0, 0.1) is 5.92 Å². The predicted molar refractivity (Wildman–Crippen MR) is 79.8 cm³/mol. The Morgan fingerprint density at radius 3 is 2.68 bits per heavy atom. The summed E-state index contributed by atoms with van der Waals surface area (Å²) in [5.74, 6) is 0.473. The molecule has 0 aromatic carbocycles. The van der Waals surface area contributed by atoms with Gasteiger partial charge in [0.15, 0.2) is 0 Å². The minimum atomic E-state index is -3.17. The SMILES string of the molecule is CCCNCC(C)S(=O)(=O)N(C)CC1CCN(C)C1. The molecule has 6 heteroatoms. The topological polar surface area (TPSA) is 52.7 Å².